The van der Waals surface area contributed by atoms with Gasteiger partial charge in [0.1, 0.15) is 6.17 Å². The van der Waals surface area contributed by atoms with Crippen molar-refractivity contribution in [3.8, 4) is 0 Å². The predicted molar refractivity (Wildman–Crippen MR) is 99.8 cm³/mol. The van der Waals surface area contributed by atoms with Crippen molar-refractivity contribution in [1.29, 1.82) is 0 Å². The highest BCUT2D eigenvalue weighted by atomic mass is 16.2. The van der Waals surface area contributed by atoms with Crippen molar-refractivity contribution in [1.82, 2.24) is 4.98 Å². The molecular weight excluding hydrogens is 310 g/mol. The van der Waals surface area contributed by atoms with Crippen LogP contribution in [0.5, 0.6) is 0 Å². The van der Waals surface area contributed by atoms with Crippen LogP contribution in [0.2, 0.25) is 0 Å². The first-order valence-corrected chi connectivity index (χ1v) is 8.31. The Morgan fingerprint density at radius 3 is 2.68 bits per heavy atom. The summed E-state index contributed by atoms with van der Waals surface area (Å²) in [4.78, 5) is 19.0. The van der Waals surface area contributed by atoms with Gasteiger partial charge in [0.25, 0.3) is 5.91 Å². The number of anilines is 2. The molecule has 2 aromatic carbocycles. The normalized spacial score (nSPS) is 16.0. The molecule has 0 aliphatic carbocycles. The lowest BCUT2D eigenvalue weighted by atomic mass is 10.1. The zero-order valence-electron chi connectivity index (χ0n) is 14.2. The van der Waals surface area contributed by atoms with E-state index in [0.717, 1.165) is 28.1 Å². The van der Waals surface area contributed by atoms with Gasteiger partial charge in [0.2, 0.25) is 0 Å². The Labute approximate surface area is 147 Å². The summed E-state index contributed by atoms with van der Waals surface area (Å²) >= 11 is 0. The van der Waals surface area contributed by atoms with Gasteiger partial charge in [0.05, 0.1) is 11.9 Å². The Balaban J connectivity index is 1.81. The summed E-state index contributed by atoms with van der Waals surface area (Å²) in [5, 5.41) is 3.56. The third-order valence-electron chi connectivity index (χ3n) is 4.57. The summed E-state index contributed by atoms with van der Waals surface area (Å²) < 4.78 is 0. The molecule has 0 spiro atoms. The van der Waals surface area contributed by atoms with Crippen molar-refractivity contribution < 1.29 is 4.79 Å². The number of hydrogen-bond donors (Lipinski definition) is 1. The lowest BCUT2D eigenvalue weighted by Gasteiger charge is -2.27. The van der Waals surface area contributed by atoms with Crippen LogP contribution in [0.25, 0.3) is 0 Å². The molecule has 0 unspecified atom stereocenters. The van der Waals surface area contributed by atoms with Gasteiger partial charge in [0.15, 0.2) is 0 Å². The van der Waals surface area contributed by atoms with Crippen LogP contribution >= 0.6 is 0 Å². The van der Waals surface area contributed by atoms with E-state index < -0.39 is 0 Å². The molecule has 0 radical (unpaired) electrons. The van der Waals surface area contributed by atoms with E-state index in [0.29, 0.717) is 0 Å². The van der Waals surface area contributed by atoms with Crippen LogP contribution in [-0.4, -0.2) is 10.9 Å². The topological polar surface area (TPSA) is 45.2 Å². The molecule has 0 fully saturated rings. The molecule has 25 heavy (non-hydrogen) atoms. The fraction of sp³-hybridized carbons (Fsp3) is 0.143. The van der Waals surface area contributed by atoms with Crippen molar-refractivity contribution in [2.45, 2.75) is 20.0 Å². The smallest absolute Gasteiger partial charge is 0.260 e. The van der Waals surface area contributed by atoms with Gasteiger partial charge in [-0.1, -0.05) is 30.3 Å². The third kappa shape index (κ3) is 2.66. The zero-order valence-corrected chi connectivity index (χ0v) is 14.2. The summed E-state index contributed by atoms with van der Waals surface area (Å²) in [6, 6.07) is 17.8. The standard InChI is InChI=1S/C21H19N3O/c1-14-9-10-15(2)19(12-14)23-20-17-7-3-4-8-18(17)21(25)24(20)16-6-5-11-22-13-16/h3-13,20,23H,1-2H3/t20-/m1/s1. The average Bonchev–Trinajstić information content (AvgIpc) is 2.91. The van der Waals surface area contributed by atoms with Crippen LogP contribution in [-0.2, 0) is 0 Å². The molecule has 3 aromatic rings. The molecule has 2 heterocycles. The summed E-state index contributed by atoms with van der Waals surface area (Å²) in [5.74, 6) is -0.00796. The van der Waals surface area contributed by atoms with E-state index in [9.17, 15) is 4.79 Å². The van der Waals surface area contributed by atoms with Crippen molar-refractivity contribution >= 4 is 17.3 Å². The van der Waals surface area contributed by atoms with Gasteiger partial charge >= 0.3 is 0 Å². The number of fused-ring (bicyclic) bond motifs is 1. The van der Waals surface area contributed by atoms with Gasteiger partial charge in [-0.15, -0.1) is 0 Å². The molecule has 1 aliphatic rings. The van der Waals surface area contributed by atoms with Gasteiger partial charge in [-0.25, -0.2) is 0 Å². The molecule has 1 N–H and O–H groups in total. The minimum absolute atomic E-state index is 0.00796. The quantitative estimate of drug-likeness (QED) is 0.771. The largest absolute Gasteiger partial charge is 0.361 e. The molecule has 1 atom stereocenters. The molecular formula is C21H19N3O. The fourth-order valence-electron chi connectivity index (χ4n) is 3.26. The highest BCUT2D eigenvalue weighted by Gasteiger charge is 2.37. The molecule has 4 nitrogen and oxygen atoms in total. The number of amides is 1. The van der Waals surface area contributed by atoms with Gasteiger partial charge in [0, 0.05) is 23.0 Å². The van der Waals surface area contributed by atoms with Gasteiger partial charge in [-0.3, -0.25) is 14.7 Å². The Bertz CT molecular complexity index is 937. The van der Waals surface area contributed by atoms with E-state index in [-0.39, 0.29) is 12.1 Å². The molecule has 124 valence electrons. The molecule has 1 amide bonds. The average molecular weight is 329 g/mol. The number of aromatic nitrogens is 1. The second-order valence-electron chi connectivity index (χ2n) is 6.34. The highest BCUT2D eigenvalue weighted by Crippen LogP contribution is 2.38. The van der Waals surface area contributed by atoms with Gasteiger partial charge < -0.3 is 5.32 Å². The molecule has 4 rings (SSSR count). The maximum atomic E-state index is 13.0. The predicted octanol–water partition coefficient (Wildman–Crippen LogP) is 4.47. The van der Waals surface area contributed by atoms with Crippen molar-refractivity contribution in [2.75, 3.05) is 10.2 Å². The summed E-state index contributed by atoms with van der Waals surface area (Å²) in [7, 11) is 0. The molecule has 0 bridgehead atoms. The number of pyridine rings is 1. The van der Waals surface area contributed by atoms with Crippen LogP contribution in [0.1, 0.15) is 33.2 Å². The van der Waals surface area contributed by atoms with Crippen molar-refractivity contribution in [2.24, 2.45) is 0 Å². The van der Waals surface area contributed by atoms with Crippen molar-refractivity contribution in [3.63, 3.8) is 0 Å². The van der Waals surface area contributed by atoms with E-state index in [2.05, 4.69) is 42.3 Å². The van der Waals surface area contributed by atoms with Crippen LogP contribution in [0.3, 0.4) is 0 Å². The Kier molecular flexibility index (Phi) is 3.73. The van der Waals surface area contributed by atoms with Crippen LogP contribution in [0, 0.1) is 13.8 Å². The van der Waals surface area contributed by atoms with E-state index in [1.54, 1.807) is 17.3 Å². The number of aryl methyl sites for hydroxylation is 2. The van der Waals surface area contributed by atoms with Gasteiger partial charge in [-0.05, 0) is 49.2 Å². The van der Waals surface area contributed by atoms with Crippen LogP contribution in [0.15, 0.2) is 67.0 Å². The van der Waals surface area contributed by atoms with Crippen molar-refractivity contribution in [3.05, 3.63) is 89.2 Å². The van der Waals surface area contributed by atoms with E-state index in [1.165, 1.54) is 5.56 Å². The Morgan fingerprint density at radius 1 is 1.04 bits per heavy atom. The number of carbonyl (C=O) groups is 1. The maximum absolute atomic E-state index is 13.0. The highest BCUT2D eigenvalue weighted by molar-refractivity contribution is 6.11. The molecule has 4 heteroatoms. The number of rotatable bonds is 3. The SMILES string of the molecule is Cc1ccc(C)c(N[C@H]2c3ccccc3C(=O)N2c2cccnc2)c1. The van der Waals surface area contributed by atoms with Gasteiger partial charge in [-0.2, -0.15) is 0 Å². The zero-order chi connectivity index (χ0) is 17.4. The lowest BCUT2D eigenvalue weighted by Crippen LogP contribution is -2.32. The minimum atomic E-state index is -0.256. The first-order valence-electron chi connectivity index (χ1n) is 8.31. The Morgan fingerprint density at radius 2 is 1.88 bits per heavy atom. The summed E-state index contributed by atoms with van der Waals surface area (Å²) in [6.45, 7) is 4.14. The molecule has 0 saturated carbocycles. The lowest BCUT2D eigenvalue weighted by molar-refractivity contribution is 0.0993. The van der Waals surface area contributed by atoms with E-state index in [1.807, 2.05) is 36.4 Å². The number of nitrogens with one attached hydrogen (secondary N) is 1. The minimum Gasteiger partial charge on any atom is -0.361 e. The number of hydrogen-bond acceptors (Lipinski definition) is 3. The first-order chi connectivity index (χ1) is 12.1. The molecule has 0 saturated heterocycles. The number of carbonyl (C=O) groups excluding carboxylic acids is 1. The van der Waals surface area contributed by atoms with Crippen LogP contribution < -0.4 is 10.2 Å². The molecule has 1 aliphatic heterocycles. The monoisotopic (exact) mass is 329 g/mol. The fourth-order valence-corrected chi connectivity index (χ4v) is 3.26. The number of nitrogens with zero attached hydrogens (tertiary/aromatic N) is 2. The summed E-state index contributed by atoms with van der Waals surface area (Å²) in [6.07, 6.45) is 3.18. The van der Waals surface area contributed by atoms with E-state index in [4.69, 9.17) is 0 Å². The third-order valence-corrected chi connectivity index (χ3v) is 4.57. The summed E-state index contributed by atoms with van der Waals surface area (Å²) in [5.41, 5.74) is 5.86. The second kappa shape index (κ2) is 6.06. The second-order valence-corrected chi connectivity index (χ2v) is 6.34. The van der Waals surface area contributed by atoms with Crippen LogP contribution in [0.4, 0.5) is 11.4 Å². The number of benzene rings is 2. The van der Waals surface area contributed by atoms with E-state index >= 15 is 0 Å². The first kappa shape index (κ1) is 15.4. The maximum Gasteiger partial charge on any atom is 0.260 e. The molecule has 1 aromatic heterocycles. The Hall–Kier alpha value is -3.14.